The standard InChI is InChI=1S/C29H33N5O3/c1-29(2,3)26-19-27-30-21(20-10-6-8-12-24(20)36-4)18-23(34(27)31-26)28(35)33-16-14-32(15-17-33)22-11-7-9-13-25(22)37-5/h6-13,18-19H,14-17H2,1-5H3. The van der Waals surface area contributed by atoms with Gasteiger partial charge in [-0.3, -0.25) is 4.79 Å². The van der Waals surface area contributed by atoms with E-state index in [0.29, 0.717) is 49.0 Å². The molecule has 1 aliphatic rings. The van der Waals surface area contributed by atoms with Gasteiger partial charge in [0, 0.05) is 43.2 Å². The van der Waals surface area contributed by atoms with Crippen LogP contribution in [0.1, 0.15) is 37.0 Å². The summed E-state index contributed by atoms with van der Waals surface area (Å²) in [5.74, 6) is 1.48. The van der Waals surface area contributed by atoms with Crippen molar-refractivity contribution in [3.63, 3.8) is 0 Å². The minimum Gasteiger partial charge on any atom is -0.496 e. The molecule has 1 fully saturated rings. The Labute approximate surface area is 217 Å². The summed E-state index contributed by atoms with van der Waals surface area (Å²) in [6.45, 7) is 8.94. The summed E-state index contributed by atoms with van der Waals surface area (Å²) in [5, 5.41) is 4.81. The average molecular weight is 500 g/mol. The molecule has 0 spiro atoms. The van der Waals surface area contributed by atoms with Crippen molar-refractivity contribution in [2.75, 3.05) is 45.3 Å². The van der Waals surface area contributed by atoms with Crippen molar-refractivity contribution < 1.29 is 14.3 Å². The number of fused-ring (bicyclic) bond motifs is 1. The third kappa shape index (κ3) is 4.71. The first kappa shape index (κ1) is 24.6. The Kier molecular flexibility index (Phi) is 6.50. The number of amides is 1. The van der Waals surface area contributed by atoms with Crippen LogP contribution < -0.4 is 14.4 Å². The van der Waals surface area contributed by atoms with E-state index in [9.17, 15) is 4.79 Å². The van der Waals surface area contributed by atoms with Gasteiger partial charge in [0.1, 0.15) is 17.2 Å². The van der Waals surface area contributed by atoms with Crippen molar-refractivity contribution in [2.24, 2.45) is 0 Å². The van der Waals surface area contributed by atoms with Crippen LogP contribution in [-0.4, -0.2) is 65.8 Å². The molecule has 2 aromatic heterocycles. The lowest BCUT2D eigenvalue weighted by Gasteiger charge is -2.36. The first-order valence-corrected chi connectivity index (χ1v) is 12.5. The maximum absolute atomic E-state index is 13.9. The van der Waals surface area contributed by atoms with E-state index in [2.05, 4.69) is 31.7 Å². The van der Waals surface area contributed by atoms with E-state index in [1.54, 1.807) is 18.7 Å². The van der Waals surface area contributed by atoms with Crippen LogP contribution in [0.15, 0.2) is 60.7 Å². The van der Waals surface area contributed by atoms with Crippen molar-refractivity contribution in [3.05, 3.63) is 72.1 Å². The minimum atomic E-state index is -0.182. The molecule has 5 rings (SSSR count). The Morgan fingerprint density at radius 2 is 1.51 bits per heavy atom. The fourth-order valence-electron chi connectivity index (χ4n) is 4.69. The largest absolute Gasteiger partial charge is 0.496 e. The van der Waals surface area contributed by atoms with Gasteiger partial charge in [-0.1, -0.05) is 45.0 Å². The number of anilines is 1. The molecule has 8 heteroatoms. The summed E-state index contributed by atoms with van der Waals surface area (Å²) in [7, 11) is 3.32. The number of carbonyl (C=O) groups is 1. The van der Waals surface area contributed by atoms with Crippen LogP contribution in [-0.2, 0) is 5.41 Å². The molecule has 192 valence electrons. The van der Waals surface area contributed by atoms with Crippen LogP contribution in [0, 0.1) is 0 Å². The predicted molar refractivity (Wildman–Crippen MR) is 145 cm³/mol. The molecule has 37 heavy (non-hydrogen) atoms. The van der Waals surface area contributed by atoms with Crippen LogP contribution in [0.2, 0.25) is 0 Å². The normalized spacial score (nSPS) is 14.2. The van der Waals surface area contributed by atoms with E-state index in [1.165, 1.54) is 0 Å². The number of hydrogen-bond acceptors (Lipinski definition) is 6. The van der Waals surface area contributed by atoms with Gasteiger partial charge >= 0.3 is 0 Å². The Balaban J connectivity index is 1.51. The van der Waals surface area contributed by atoms with Crippen LogP contribution in [0.3, 0.4) is 0 Å². The molecular formula is C29H33N5O3. The van der Waals surface area contributed by atoms with Gasteiger partial charge < -0.3 is 19.3 Å². The molecule has 0 saturated carbocycles. The number of hydrogen-bond donors (Lipinski definition) is 0. The molecule has 1 aliphatic heterocycles. The molecule has 3 heterocycles. The highest BCUT2D eigenvalue weighted by atomic mass is 16.5. The van der Waals surface area contributed by atoms with Gasteiger partial charge in [-0.05, 0) is 30.3 Å². The molecule has 1 amide bonds. The lowest BCUT2D eigenvalue weighted by atomic mass is 9.93. The molecule has 0 aliphatic carbocycles. The summed E-state index contributed by atoms with van der Waals surface area (Å²) in [6.07, 6.45) is 0. The molecule has 0 bridgehead atoms. The highest BCUT2D eigenvalue weighted by Crippen LogP contribution is 2.32. The molecule has 2 aromatic carbocycles. The summed E-state index contributed by atoms with van der Waals surface area (Å²) in [5.41, 5.74) is 4.40. The summed E-state index contributed by atoms with van der Waals surface area (Å²) in [4.78, 5) is 23.0. The highest BCUT2D eigenvalue weighted by molar-refractivity contribution is 5.94. The van der Waals surface area contributed by atoms with Gasteiger partial charge in [-0.15, -0.1) is 0 Å². The van der Waals surface area contributed by atoms with Gasteiger partial charge in [-0.2, -0.15) is 5.10 Å². The highest BCUT2D eigenvalue weighted by Gasteiger charge is 2.28. The number of aromatic nitrogens is 3. The third-order valence-electron chi connectivity index (χ3n) is 6.79. The second-order valence-corrected chi connectivity index (χ2v) is 10.2. The fraction of sp³-hybridized carbons (Fsp3) is 0.345. The molecule has 0 atom stereocenters. The Morgan fingerprint density at radius 1 is 0.865 bits per heavy atom. The lowest BCUT2D eigenvalue weighted by molar-refractivity contribution is 0.0737. The third-order valence-corrected chi connectivity index (χ3v) is 6.79. The van der Waals surface area contributed by atoms with Gasteiger partial charge in [0.05, 0.1) is 31.3 Å². The topological polar surface area (TPSA) is 72.2 Å². The smallest absolute Gasteiger partial charge is 0.272 e. The van der Waals surface area contributed by atoms with Crippen LogP contribution in [0.25, 0.3) is 16.9 Å². The van der Waals surface area contributed by atoms with Crippen molar-refractivity contribution in [2.45, 2.75) is 26.2 Å². The van der Waals surface area contributed by atoms with Gasteiger partial charge in [-0.25, -0.2) is 9.50 Å². The number of methoxy groups -OCH3 is 2. The fourth-order valence-corrected chi connectivity index (χ4v) is 4.69. The van der Waals surface area contributed by atoms with Crippen LogP contribution in [0.4, 0.5) is 5.69 Å². The number of piperazine rings is 1. The predicted octanol–water partition coefficient (Wildman–Crippen LogP) is 4.67. The molecule has 0 N–H and O–H groups in total. The van der Waals surface area contributed by atoms with Crippen LogP contribution in [0.5, 0.6) is 11.5 Å². The molecule has 0 unspecified atom stereocenters. The van der Waals surface area contributed by atoms with Crippen molar-refractivity contribution in [1.82, 2.24) is 19.5 Å². The molecule has 4 aromatic rings. The first-order chi connectivity index (χ1) is 17.8. The van der Waals surface area contributed by atoms with E-state index in [1.807, 2.05) is 59.5 Å². The summed E-state index contributed by atoms with van der Waals surface area (Å²) >= 11 is 0. The Hall–Kier alpha value is -4.07. The van der Waals surface area contributed by atoms with Gasteiger partial charge in [0.25, 0.3) is 5.91 Å². The molecule has 8 nitrogen and oxygen atoms in total. The zero-order valence-corrected chi connectivity index (χ0v) is 22.1. The first-order valence-electron chi connectivity index (χ1n) is 12.5. The zero-order chi connectivity index (χ0) is 26.2. The maximum Gasteiger partial charge on any atom is 0.272 e. The molecule has 1 saturated heterocycles. The number of para-hydroxylation sites is 3. The summed E-state index contributed by atoms with van der Waals surface area (Å²) in [6, 6.07) is 19.5. The number of benzene rings is 2. The van der Waals surface area contributed by atoms with E-state index in [-0.39, 0.29) is 11.3 Å². The minimum absolute atomic E-state index is 0.0632. The second kappa shape index (κ2) is 9.76. The van der Waals surface area contributed by atoms with E-state index >= 15 is 0 Å². The number of ether oxygens (including phenoxy) is 2. The lowest BCUT2D eigenvalue weighted by Crippen LogP contribution is -2.49. The quantitative estimate of drug-likeness (QED) is 0.397. The van der Waals surface area contributed by atoms with Crippen molar-refractivity contribution >= 4 is 17.2 Å². The average Bonchev–Trinajstić information content (AvgIpc) is 3.37. The second-order valence-electron chi connectivity index (χ2n) is 10.2. The van der Waals surface area contributed by atoms with Gasteiger partial charge in [0.15, 0.2) is 5.65 Å². The van der Waals surface area contributed by atoms with Crippen molar-refractivity contribution in [1.29, 1.82) is 0 Å². The number of nitrogens with zero attached hydrogens (tertiary/aromatic N) is 5. The monoisotopic (exact) mass is 499 g/mol. The number of carbonyl (C=O) groups excluding carboxylic acids is 1. The van der Waals surface area contributed by atoms with E-state index in [0.717, 1.165) is 22.7 Å². The molecular weight excluding hydrogens is 466 g/mol. The Bertz CT molecular complexity index is 1430. The van der Waals surface area contributed by atoms with Crippen LogP contribution >= 0.6 is 0 Å². The summed E-state index contributed by atoms with van der Waals surface area (Å²) < 4.78 is 12.8. The van der Waals surface area contributed by atoms with E-state index < -0.39 is 0 Å². The maximum atomic E-state index is 13.9. The molecule has 0 radical (unpaired) electrons. The Morgan fingerprint density at radius 3 is 2.19 bits per heavy atom. The van der Waals surface area contributed by atoms with Gasteiger partial charge in [0.2, 0.25) is 0 Å². The van der Waals surface area contributed by atoms with Crippen molar-refractivity contribution in [3.8, 4) is 22.8 Å². The number of rotatable bonds is 5. The zero-order valence-electron chi connectivity index (χ0n) is 22.1. The SMILES string of the molecule is COc1ccccc1-c1cc(C(=O)N2CCN(c3ccccc3OC)CC2)n2nc(C(C)(C)C)cc2n1. The van der Waals surface area contributed by atoms with E-state index in [4.69, 9.17) is 19.6 Å².